The summed E-state index contributed by atoms with van der Waals surface area (Å²) in [6, 6.07) is 0. The van der Waals surface area contributed by atoms with Crippen molar-refractivity contribution in [3.05, 3.63) is 0 Å². The fourth-order valence-electron chi connectivity index (χ4n) is 0.593. The third-order valence-electron chi connectivity index (χ3n) is 1.10. The molecule has 0 N–H and O–H groups in total. The van der Waals surface area contributed by atoms with Gasteiger partial charge in [-0.05, 0) is 6.42 Å². The fourth-order valence-corrected chi connectivity index (χ4v) is 0.593. The molecule has 68 valence electrons. The van der Waals surface area contributed by atoms with Crippen LogP contribution in [0, 0.1) is 0 Å². The van der Waals surface area contributed by atoms with Crippen molar-refractivity contribution in [1.29, 1.82) is 0 Å². The molecule has 0 heterocycles. The second-order valence-electron chi connectivity index (χ2n) is 2.04. The first-order chi connectivity index (χ1) is 5.61. The van der Waals surface area contributed by atoms with Gasteiger partial charge in [-0.3, -0.25) is 9.59 Å². The summed E-state index contributed by atoms with van der Waals surface area (Å²) in [5, 5.41) is 0. The van der Waals surface area contributed by atoms with Gasteiger partial charge in [0.1, 0.15) is 0 Å². The van der Waals surface area contributed by atoms with Crippen molar-refractivity contribution in [3.63, 3.8) is 0 Å². The van der Waals surface area contributed by atoms with Gasteiger partial charge in [0.15, 0.2) is 6.10 Å². The van der Waals surface area contributed by atoms with Crippen molar-refractivity contribution >= 4 is 18.4 Å². The van der Waals surface area contributed by atoms with Crippen molar-refractivity contribution in [3.8, 4) is 0 Å². The lowest BCUT2D eigenvalue weighted by Gasteiger charge is -2.09. The number of carbonyl (C=O) groups is 3. The fraction of sp³-hybridized carbons (Fsp3) is 0.571. The molecule has 1 unspecified atom stereocenters. The predicted molar refractivity (Wildman–Crippen MR) is 38.0 cm³/mol. The van der Waals surface area contributed by atoms with Crippen molar-refractivity contribution in [2.75, 3.05) is 0 Å². The average molecular weight is 174 g/mol. The first-order valence-electron chi connectivity index (χ1n) is 3.43. The smallest absolute Gasteiger partial charge is 0.355 e. The monoisotopic (exact) mass is 174 g/mol. The van der Waals surface area contributed by atoms with E-state index in [0.29, 0.717) is 0 Å². The van der Waals surface area contributed by atoms with Crippen LogP contribution in [0.1, 0.15) is 20.3 Å². The molecule has 0 saturated carbocycles. The van der Waals surface area contributed by atoms with Crippen LogP contribution >= 0.6 is 0 Å². The van der Waals surface area contributed by atoms with E-state index in [4.69, 9.17) is 0 Å². The van der Waals surface area contributed by atoms with Crippen LogP contribution in [0.25, 0.3) is 0 Å². The summed E-state index contributed by atoms with van der Waals surface area (Å²) in [7, 11) is 0. The Morgan fingerprint density at radius 1 is 1.50 bits per heavy atom. The first-order valence-corrected chi connectivity index (χ1v) is 3.43. The van der Waals surface area contributed by atoms with Gasteiger partial charge in [0.05, 0.1) is 0 Å². The number of hydrogen-bond donors (Lipinski definition) is 0. The Hall–Kier alpha value is -1.39. The molecule has 0 fully saturated rings. The average Bonchev–Trinajstić information content (AvgIpc) is 1.98. The molecular weight excluding hydrogens is 164 g/mol. The van der Waals surface area contributed by atoms with Gasteiger partial charge in [0, 0.05) is 6.92 Å². The number of hydrogen-bond acceptors (Lipinski definition) is 5. The number of carbonyl (C=O) groups excluding carboxylic acids is 3. The van der Waals surface area contributed by atoms with Crippen molar-refractivity contribution in [2.45, 2.75) is 26.4 Å². The summed E-state index contributed by atoms with van der Waals surface area (Å²) >= 11 is 0. The topological polar surface area (TPSA) is 69.7 Å². The molecular formula is C7H10O5. The molecule has 5 nitrogen and oxygen atoms in total. The van der Waals surface area contributed by atoms with E-state index < -0.39 is 18.0 Å². The summed E-state index contributed by atoms with van der Waals surface area (Å²) in [6.45, 7) is 2.89. The van der Waals surface area contributed by atoms with Gasteiger partial charge >= 0.3 is 11.9 Å². The molecule has 0 aliphatic carbocycles. The number of ether oxygens (including phenoxy) is 2. The van der Waals surface area contributed by atoms with E-state index in [1.54, 1.807) is 6.92 Å². The van der Waals surface area contributed by atoms with Crippen molar-refractivity contribution in [1.82, 2.24) is 0 Å². The summed E-state index contributed by atoms with van der Waals surface area (Å²) in [4.78, 5) is 31.0. The van der Waals surface area contributed by atoms with Crippen molar-refractivity contribution < 1.29 is 23.9 Å². The second-order valence-corrected chi connectivity index (χ2v) is 2.04. The highest BCUT2D eigenvalue weighted by Gasteiger charge is 2.20. The molecule has 1 atom stereocenters. The van der Waals surface area contributed by atoms with Crippen LogP contribution in [0.15, 0.2) is 0 Å². The quantitative estimate of drug-likeness (QED) is 0.341. The summed E-state index contributed by atoms with van der Waals surface area (Å²) < 4.78 is 8.54. The highest BCUT2D eigenvalue weighted by atomic mass is 16.6. The van der Waals surface area contributed by atoms with Crippen molar-refractivity contribution in [2.24, 2.45) is 0 Å². The summed E-state index contributed by atoms with van der Waals surface area (Å²) in [5.74, 6) is -1.55. The van der Waals surface area contributed by atoms with Gasteiger partial charge in [-0.25, -0.2) is 4.79 Å². The SMILES string of the molecule is CCC(OC=O)C(=O)OC(C)=O. The van der Waals surface area contributed by atoms with Gasteiger partial charge in [-0.1, -0.05) is 6.92 Å². The van der Waals surface area contributed by atoms with Crippen LogP contribution in [0.2, 0.25) is 0 Å². The molecule has 0 aliphatic heterocycles. The molecule has 0 radical (unpaired) electrons. The summed E-state index contributed by atoms with van der Waals surface area (Å²) in [5.41, 5.74) is 0. The third-order valence-corrected chi connectivity index (χ3v) is 1.10. The Morgan fingerprint density at radius 2 is 2.08 bits per heavy atom. The van der Waals surface area contributed by atoms with E-state index in [1.807, 2.05) is 0 Å². The molecule has 0 aromatic carbocycles. The minimum absolute atomic E-state index is 0.148. The molecule has 0 aliphatic rings. The van der Waals surface area contributed by atoms with Gasteiger partial charge < -0.3 is 9.47 Å². The zero-order chi connectivity index (χ0) is 9.56. The predicted octanol–water partition coefficient (Wildman–Crippen LogP) is 0.0277. The van der Waals surface area contributed by atoms with Crippen LogP contribution in [0.3, 0.4) is 0 Å². The Kier molecular flexibility index (Phi) is 4.67. The zero-order valence-corrected chi connectivity index (χ0v) is 6.90. The highest BCUT2D eigenvalue weighted by Crippen LogP contribution is 1.99. The maximum absolute atomic E-state index is 10.8. The first kappa shape index (κ1) is 10.6. The van der Waals surface area contributed by atoms with Gasteiger partial charge in [0.2, 0.25) is 0 Å². The number of esters is 2. The van der Waals surface area contributed by atoms with Crippen LogP contribution in [-0.4, -0.2) is 24.5 Å². The molecule has 0 bridgehead atoms. The van der Waals surface area contributed by atoms with Crippen LogP contribution in [0.4, 0.5) is 0 Å². The molecule has 0 saturated heterocycles. The van der Waals surface area contributed by atoms with E-state index in [1.165, 1.54) is 0 Å². The van der Waals surface area contributed by atoms with E-state index >= 15 is 0 Å². The Bertz CT molecular complexity index is 186. The molecule has 0 amide bonds. The molecule has 5 heteroatoms. The molecule has 12 heavy (non-hydrogen) atoms. The Labute approximate surface area is 69.6 Å². The van der Waals surface area contributed by atoms with E-state index in [-0.39, 0.29) is 12.9 Å². The standard InChI is InChI=1S/C7H10O5/c1-3-6(11-4-8)7(10)12-5(2)9/h4,6H,3H2,1-2H3. The van der Waals surface area contributed by atoms with Crippen LogP contribution in [0.5, 0.6) is 0 Å². The summed E-state index contributed by atoms with van der Waals surface area (Å²) in [6.07, 6.45) is -0.698. The minimum Gasteiger partial charge on any atom is -0.453 e. The molecule has 0 rings (SSSR count). The third kappa shape index (κ3) is 3.70. The van der Waals surface area contributed by atoms with Crippen LogP contribution < -0.4 is 0 Å². The Morgan fingerprint density at radius 3 is 2.42 bits per heavy atom. The van der Waals surface area contributed by atoms with Crippen LogP contribution in [-0.2, 0) is 23.9 Å². The minimum atomic E-state index is -0.980. The van der Waals surface area contributed by atoms with E-state index in [2.05, 4.69) is 9.47 Å². The lowest BCUT2D eigenvalue weighted by Crippen LogP contribution is -2.26. The molecule has 0 aromatic rings. The second kappa shape index (κ2) is 5.29. The van der Waals surface area contributed by atoms with Gasteiger partial charge in [-0.2, -0.15) is 0 Å². The maximum atomic E-state index is 10.8. The Balaban J connectivity index is 4.02. The normalized spacial score (nSPS) is 11.5. The highest BCUT2D eigenvalue weighted by molar-refractivity contribution is 5.87. The number of rotatable bonds is 4. The zero-order valence-electron chi connectivity index (χ0n) is 6.90. The van der Waals surface area contributed by atoms with E-state index in [0.717, 1.165) is 6.92 Å². The van der Waals surface area contributed by atoms with Gasteiger partial charge in [-0.15, -0.1) is 0 Å². The maximum Gasteiger partial charge on any atom is 0.355 e. The lowest BCUT2D eigenvalue weighted by molar-refractivity contribution is -0.169. The lowest BCUT2D eigenvalue weighted by atomic mass is 10.3. The van der Waals surface area contributed by atoms with Gasteiger partial charge in [0.25, 0.3) is 6.47 Å². The van der Waals surface area contributed by atoms with E-state index in [9.17, 15) is 14.4 Å². The molecule has 0 aromatic heterocycles. The largest absolute Gasteiger partial charge is 0.453 e. The molecule has 0 spiro atoms.